The molecule has 206 valence electrons. The average Bonchev–Trinajstić information content (AvgIpc) is 3.34. The number of carbonyl (C=O) groups excluding carboxylic acids is 1. The van der Waals surface area contributed by atoms with Crippen molar-refractivity contribution < 1.29 is 13.2 Å². The van der Waals surface area contributed by atoms with E-state index in [9.17, 15) is 13.2 Å². The van der Waals surface area contributed by atoms with Crippen LogP contribution in [-0.4, -0.2) is 74.0 Å². The van der Waals surface area contributed by atoms with Crippen LogP contribution in [0.25, 0.3) is 10.2 Å². The molecule has 2 atom stereocenters. The van der Waals surface area contributed by atoms with Gasteiger partial charge < -0.3 is 4.90 Å². The molecular formula is C28H38N4O3S3. The zero-order valence-corrected chi connectivity index (χ0v) is 25.3. The van der Waals surface area contributed by atoms with Gasteiger partial charge in [0.25, 0.3) is 5.91 Å². The average molecular weight is 575 g/mol. The molecule has 0 radical (unpaired) electrons. The van der Waals surface area contributed by atoms with Gasteiger partial charge in [0.15, 0.2) is 5.13 Å². The van der Waals surface area contributed by atoms with E-state index in [1.807, 2.05) is 24.5 Å². The molecule has 1 aliphatic rings. The predicted molar refractivity (Wildman–Crippen MR) is 159 cm³/mol. The summed E-state index contributed by atoms with van der Waals surface area (Å²) in [5.41, 5.74) is 1.36. The number of benzene rings is 2. The number of rotatable bonds is 10. The van der Waals surface area contributed by atoms with Crippen molar-refractivity contribution in [2.75, 3.05) is 50.4 Å². The third kappa shape index (κ3) is 6.25. The zero-order chi connectivity index (χ0) is 27.4. The summed E-state index contributed by atoms with van der Waals surface area (Å²) in [7, 11) is -3.61. The first-order valence-electron chi connectivity index (χ1n) is 13.3. The van der Waals surface area contributed by atoms with Gasteiger partial charge >= 0.3 is 0 Å². The van der Waals surface area contributed by atoms with E-state index in [0.29, 0.717) is 42.2 Å². The van der Waals surface area contributed by atoms with E-state index in [1.54, 1.807) is 45.2 Å². The minimum absolute atomic E-state index is 0.175. The summed E-state index contributed by atoms with van der Waals surface area (Å²) >= 11 is 3.15. The van der Waals surface area contributed by atoms with Crippen molar-refractivity contribution in [3.63, 3.8) is 0 Å². The van der Waals surface area contributed by atoms with Crippen LogP contribution in [0.3, 0.4) is 0 Å². The molecule has 2 heterocycles. The molecule has 0 saturated carbocycles. The topological polar surface area (TPSA) is 73.8 Å². The van der Waals surface area contributed by atoms with E-state index in [0.717, 1.165) is 41.2 Å². The van der Waals surface area contributed by atoms with Gasteiger partial charge in [-0.05, 0) is 74.0 Å². The van der Waals surface area contributed by atoms with Gasteiger partial charge in [0.1, 0.15) is 0 Å². The Hall–Kier alpha value is -1.98. The van der Waals surface area contributed by atoms with E-state index in [4.69, 9.17) is 4.98 Å². The Bertz CT molecular complexity index is 1340. The van der Waals surface area contributed by atoms with E-state index in [2.05, 4.69) is 32.6 Å². The molecule has 0 N–H and O–H groups in total. The lowest BCUT2D eigenvalue weighted by Crippen LogP contribution is -2.42. The van der Waals surface area contributed by atoms with E-state index in [1.165, 1.54) is 11.3 Å². The first-order chi connectivity index (χ1) is 18.2. The Morgan fingerprint density at radius 3 is 2.32 bits per heavy atom. The molecule has 2 aromatic carbocycles. The number of carbonyl (C=O) groups is 1. The maximum atomic E-state index is 13.8. The van der Waals surface area contributed by atoms with Crippen LogP contribution in [0, 0.1) is 11.8 Å². The van der Waals surface area contributed by atoms with Gasteiger partial charge in [-0.2, -0.15) is 4.31 Å². The highest BCUT2D eigenvalue weighted by Crippen LogP contribution is 2.35. The molecule has 2 unspecified atom stereocenters. The standard InChI is InChI=1S/C28H38N4O3S3/c1-6-30(7-2)15-16-32(28-29-26-24(36-5)9-8-10-25(26)37-28)27(33)22-11-13-23(14-12-22)38(34,35)31-18-20(3)17-21(4)19-31/h8-14,20-21H,6-7,15-19H2,1-5H3. The maximum absolute atomic E-state index is 13.8. The van der Waals surface area contributed by atoms with Crippen LogP contribution in [-0.2, 0) is 10.0 Å². The Balaban J connectivity index is 1.63. The molecule has 1 amide bonds. The molecule has 0 spiro atoms. The van der Waals surface area contributed by atoms with Crippen LogP contribution in [0.2, 0.25) is 0 Å². The maximum Gasteiger partial charge on any atom is 0.260 e. The zero-order valence-electron chi connectivity index (χ0n) is 22.9. The summed E-state index contributed by atoms with van der Waals surface area (Å²) in [5, 5.41) is 0.659. The third-order valence-corrected chi connectivity index (χ3v) is 10.8. The summed E-state index contributed by atoms with van der Waals surface area (Å²) in [6.07, 6.45) is 3.06. The monoisotopic (exact) mass is 574 g/mol. The Morgan fingerprint density at radius 2 is 1.71 bits per heavy atom. The Kier molecular flexibility index (Phi) is 9.52. The molecule has 1 aromatic heterocycles. The number of fused-ring (bicyclic) bond motifs is 1. The largest absolute Gasteiger partial charge is 0.302 e. The van der Waals surface area contributed by atoms with Gasteiger partial charge in [0.05, 0.1) is 15.1 Å². The number of anilines is 1. The van der Waals surface area contributed by atoms with Gasteiger partial charge in [-0.3, -0.25) is 9.69 Å². The fraction of sp³-hybridized carbons (Fsp3) is 0.500. The fourth-order valence-electron chi connectivity index (χ4n) is 5.13. The number of sulfonamides is 1. The molecule has 0 aliphatic carbocycles. The van der Waals surface area contributed by atoms with Gasteiger partial charge in [-0.1, -0.05) is 45.1 Å². The minimum Gasteiger partial charge on any atom is -0.302 e. The number of hydrogen-bond acceptors (Lipinski definition) is 7. The van der Waals surface area contributed by atoms with Crippen LogP contribution in [0.4, 0.5) is 5.13 Å². The number of nitrogens with zero attached hydrogens (tertiary/aromatic N) is 4. The molecule has 0 bridgehead atoms. The lowest BCUT2D eigenvalue weighted by molar-refractivity contribution is 0.0983. The number of likely N-dealkylation sites (N-methyl/N-ethyl adjacent to an activating group) is 1. The van der Waals surface area contributed by atoms with Gasteiger partial charge in [-0.25, -0.2) is 13.4 Å². The molecule has 1 saturated heterocycles. The summed E-state index contributed by atoms with van der Waals surface area (Å²) in [5.74, 6) is 0.481. The van der Waals surface area contributed by atoms with E-state index in [-0.39, 0.29) is 10.8 Å². The molecule has 4 rings (SSSR count). The van der Waals surface area contributed by atoms with Gasteiger partial charge in [0.2, 0.25) is 10.0 Å². The van der Waals surface area contributed by atoms with Crippen molar-refractivity contribution in [3.8, 4) is 0 Å². The minimum atomic E-state index is -3.61. The van der Waals surface area contributed by atoms with Gasteiger partial charge in [0, 0.05) is 36.6 Å². The fourth-order valence-corrected chi connectivity index (χ4v) is 8.46. The van der Waals surface area contributed by atoms with Crippen LogP contribution in [0.1, 0.15) is 44.5 Å². The van der Waals surface area contributed by atoms with E-state index < -0.39 is 10.0 Å². The van der Waals surface area contributed by atoms with Crippen molar-refractivity contribution >= 4 is 54.4 Å². The highest BCUT2D eigenvalue weighted by Gasteiger charge is 2.32. The Morgan fingerprint density at radius 1 is 1.05 bits per heavy atom. The summed E-state index contributed by atoms with van der Waals surface area (Å²) < 4.78 is 29.3. The molecular weight excluding hydrogens is 537 g/mol. The molecule has 1 aliphatic heterocycles. The summed E-state index contributed by atoms with van der Waals surface area (Å²) in [6, 6.07) is 12.5. The number of aromatic nitrogens is 1. The smallest absolute Gasteiger partial charge is 0.260 e. The normalized spacial score (nSPS) is 18.8. The molecule has 7 nitrogen and oxygen atoms in total. The third-order valence-electron chi connectivity index (χ3n) is 7.18. The predicted octanol–water partition coefficient (Wildman–Crippen LogP) is 5.67. The SMILES string of the molecule is CCN(CC)CCN(C(=O)c1ccc(S(=O)(=O)N2CC(C)CC(C)C2)cc1)c1nc2c(SC)cccc2s1. The molecule has 38 heavy (non-hydrogen) atoms. The van der Waals surface area contributed by atoms with Crippen LogP contribution in [0.15, 0.2) is 52.3 Å². The summed E-state index contributed by atoms with van der Waals surface area (Å²) in [6.45, 7) is 12.5. The van der Waals surface area contributed by atoms with Crippen LogP contribution in [0.5, 0.6) is 0 Å². The van der Waals surface area contributed by atoms with Gasteiger partial charge in [-0.15, -0.1) is 11.8 Å². The molecule has 3 aromatic rings. The molecule has 10 heteroatoms. The quantitative estimate of drug-likeness (QED) is 0.291. The number of amides is 1. The van der Waals surface area contributed by atoms with Crippen molar-refractivity contribution in [3.05, 3.63) is 48.0 Å². The number of thioether (sulfide) groups is 1. The van der Waals surface area contributed by atoms with Crippen molar-refractivity contribution in [2.45, 2.75) is 43.9 Å². The van der Waals surface area contributed by atoms with Crippen molar-refractivity contribution in [2.24, 2.45) is 11.8 Å². The summed E-state index contributed by atoms with van der Waals surface area (Å²) in [4.78, 5) is 24.0. The molecule has 1 fully saturated rings. The van der Waals surface area contributed by atoms with Crippen molar-refractivity contribution in [1.29, 1.82) is 0 Å². The second-order valence-electron chi connectivity index (χ2n) is 10.1. The number of piperidine rings is 1. The Labute approximate surface area is 235 Å². The first-order valence-corrected chi connectivity index (χ1v) is 16.7. The van der Waals surface area contributed by atoms with Crippen LogP contribution >= 0.6 is 23.1 Å². The lowest BCUT2D eigenvalue weighted by Gasteiger charge is -2.34. The van der Waals surface area contributed by atoms with Crippen molar-refractivity contribution in [1.82, 2.24) is 14.2 Å². The van der Waals surface area contributed by atoms with Crippen LogP contribution < -0.4 is 4.90 Å². The van der Waals surface area contributed by atoms with E-state index >= 15 is 0 Å². The number of thiazole rings is 1. The second kappa shape index (κ2) is 12.5. The highest BCUT2D eigenvalue weighted by molar-refractivity contribution is 7.98. The highest BCUT2D eigenvalue weighted by atomic mass is 32.2. The second-order valence-corrected chi connectivity index (χ2v) is 13.9. The lowest BCUT2D eigenvalue weighted by atomic mass is 9.94. The number of hydrogen-bond donors (Lipinski definition) is 0. The number of para-hydroxylation sites is 1. The first kappa shape index (κ1) is 29.0.